The lowest BCUT2D eigenvalue weighted by Gasteiger charge is -2.29. The number of Topliss-reactive ketones (excluding diaryl/α,β-unsaturated/α-hetero) is 1. The summed E-state index contributed by atoms with van der Waals surface area (Å²) in [6, 6.07) is 0.443. The molecule has 114 valence electrons. The third-order valence-corrected chi connectivity index (χ3v) is 4.97. The highest BCUT2D eigenvalue weighted by atomic mass is 16.1. The second-order valence-electron chi connectivity index (χ2n) is 6.51. The smallest absolute Gasteiger partial charge is 0.158 e. The number of ketones is 1. The Hall–Kier alpha value is -0.630. The lowest BCUT2D eigenvalue weighted by Crippen LogP contribution is -2.37. The number of hydrogen-bond donors (Lipinski definition) is 1. The zero-order valence-electron chi connectivity index (χ0n) is 13.1. The summed E-state index contributed by atoms with van der Waals surface area (Å²) < 4.78 is 0. The number of nitrogens with one attached hydrogen (secondary N) is 1. The van der Waals surface area contributed by atoms with Gasteiger partial charge in [0.2, 0.25) is 0 Å². The zero-order chi connectivity index (χ0) is 14.2. The average Bonchev–Trinajstić information content (AvgIpc) is 2.38. The molecule has 0 aromatic rings. The highest BCUT2D eigenvalue weighted by Gasteiger charge is 2.22. The summed E-state index contributed by atoms with van der Waals surface area (Å²) in [7, 11) is 0. The van der Waals surface area contributed by atoms with Crippen LogP contribution in [-0.2, 0) is 4.79 Å². The minimum atomic E-state index is 0.365. The van der Waals surface area contributed by atoms with Crippen LogP contribution in [0.5, 0.6) is 0 Å². The van der Waals surface area contributed by atoms with E-state index in [2.05, 4.69) is 11.4 Å². The first-order chi connectivity index (χ1) is 9.81. The second-order valence-corrected chi connectivity index (χ2v) is 6.51. The Bertz CT molecular complexity index is 326. The van der Waals surface area contributed by atoms with Crippen molar-refractivity contribution in [3.05, 3.63) is 11.6 Å². The van der Waals surface area contributed by atoms with E-state index in [1.807, 2.05) is 6.92 Å². The SMILES string of the molecule is CCC(=O)/C1=C/C(C2CCCCCCC2)NCCCC1. The number of carbonyl (C=O) groups is 1. The van der Waals surface area contributed by atoms with Gasteiger partial charge in [0.05, 0.1) is 0 Å². The molecule has 1 fully saturated rings. The molecule has 20 heavy (non-hydrogen) atoms. The molecule has 0 spiro atoms. The summed E-state index contributed by atoms with van der Waals surface area (Å²) in [5.41, 5.74) is 1.10. The molecule has 2 rings (SSSR count). The molecule has 1 aliphatic heterocycles. The predicted molar refractivity (Wildman–Crippen MR) is 84.8 cm³/mol. The van der Waals surface area contributed by atoms with Gasteiger partial charge in [-0.05, 0) is 50.1 Å². The summed E-state index contributed by atoms with van der Waals surface area (Å²) in [6.45, 7) is 3.10. The van der Waals surface area contributed by atoms with E-state index >= 15 is 0 Å². The maximum Gasteiger partial charge on any atom is 0.158 e. The molecule has 1 saturated carbocycles. The Morgan fingerprint density at radius 3 is 2.50 bits per heavy atom. The first-order valence-corrected chi connectivity index (χ1v) is 8.78. The van der Waals surface area contributed by atoms with E-state index in [0.717, 1.165) is 30.9 Å². The van der Waals surface area contributed by atoms with Gasteiger partial charge in [-0.1, -0.05) is 45.1 Å². The topological polar surface area (TPSA) is 29.1 Å². The molecule has 2 heteroatoms. The molecule has 2 nitrogen and oxygen atoms in total. The standard InChI is InChI=1S/C18H31NO/c1-2-18(20)16-12-8-9-13-19-17(14-16)15-10-6-4-3-5-7-11-15/h14-15,17,19H,2-13H2,1H3/b16-14+. The van der Waals surface area contributed by atoms with E-state index in [1.165, 1.54) is 51.4 Å². The quantitative estimate of drug-likeness (QED) is 0.828. The normalized spacial score (nSPS) is 29.4. The van der Waals surface area contributed by atoms with Crippen molar-refractivity contribution in [2.24, 2.45) is 5.92 Å². The highest BCUT2D eigenvalue weighted by Crippen LogP contribution is 2.27. The fourth-order valence-electron chi connectivity index (χ4n) is 3.68. The van der Waals surface area contributed by atoms with Crippen molar-refractivity contribution in [1.29, 1.82) is 0 Å². The Morgan fingerprint density at radius 2 is 1.80 bits per heavy atom. The fourth-order valence-corrected chi connectivity index (χ4v) is 3.68. The maximum atomic E-state index is 12.1. The van der Waals surface area contributed by atoms with Crippen molar-refractivity contribution in [2.75, 3.05) is 6.54 Å². The van der Waals surface area contributed by atoms with Crippen LogP contribution in [0.1, 0.15) is 77.6 Å². The summed E-state index contributed by atoms with van der Waals surface area (Å²) in [4.78, 5) is 12.1. The molecule has 0 saturated heterocycles. The van der Waals surface area contributed by atoms with Gasteiger partial charge in [0, 0.05) is 12.5 Å². The van der Waals surface area contributed by atoms with Crippen molar-refractivity contribution < 1.29 is 4.79 Å². The second kappa shape index (κ2) is 8.61. The number of hydrogen-bond acceptors (Lipinski definition) is 2. The molecule has 1 atom stereocenters. The van der Waals surface area contributed by atoms with E-state index in [4.69, 9.17) is 0 Å². The van der Waals surface area contributed by atoms with Gasteiger partial charge in [-0.25, -0.2) is 0 Å². The lowest BCUT2D eigenvalue weighted by atomic mass is 9.83. The van der Waals surface area contributed by atoms with Gasteiger partial charge in [0.25, 0.3) is 0 Å². The number of rotatable bonds is 3. The fraction of sp³-hybridized carbons (Fsp3) is 0.833. The number of carbonyl (C=O) groups excluding carboxylic acids is 1. The van der Waals surface area contributed by atoms with Crippen LogP contribution in [0, 0.1) is 5.92 Å². The summed E-state index contributed by atoms with van der Waals surface area (Å²) >= 11 is 0. The van der Waals surface area contributed by atoms with Crippen molar-refractivity contribution in [1.82, 2.24) is 5.32 Å². The van der Waals surface area contributed by atoms with Gasteiger partial charge in [0.1, 0.15) is 0 Å². The molecule has 0 bridgehead atoms. The Labute approximate surface area is 124 Å². The van der Waals surface area contributed by atoms with Gasteiger partial charge >= 0.3 is 0 Å². The minimum absolute atomic E-state index is 0.365. The van der Waals surface area contributed by atoms with E-state index in [-0.39, 0.29) is 0 Å². The zero-order valence-corrected chi connectivity index (χ0v) is 13.1. The minimum Gasteiger partial charge on any atom is -0.310 e. The maximum absolute atomic E-state index is 12.1. The molecule has 1 N–H and O–H groups in total. The van der Waals surface area contributed by atoms with Crippen LogP contribution in [0.4, 0.5) is 0 Å². The van der Waals surface area contributed by atoms with Gasteiger partial charge in [-0.2, -0.15) is 0 Å². The van der Waals surface area contributed by atoms with Crippen LogP contribution in [0.25, 0.3) is 0 Å². The van der Waals surface area contributed by atoms with Gasteiger partial charge in [-0.15, -0.1) is 0 Å². The van der Waals surface area contributed by atoms with Crippen LogP contribution in [0.2, 0.25) is 0 Å². The van der Waals surface area contributed by atoms with E-state index in [1.54, 1.807) is 0 Å². The van der Waals surface area contributed by atoms with Crippen molar-refractivity contribution in [2.45, 2.75) is 83.6 Å². The number of allylic oxidation sites excluding steroid dienone is 1. The first kappa shape index (κ1) is 15.8. The van der Waals surface area contributed by atoms with Crippen LogP contribution in [0.15, 0.2) is 11.6 Å². The van der Waals surface area contributed by atoms with Crippen LogP contribution in [-0.4, -0.2) is 18.4 Å². The Morgan fingerprint density at radius 1 is 1.10 bits per heavy atom. The molecule has 1 unspecified atom stereocenters. The van der Waals surface area contributed by atoms with Crippen molar-refractivity contribution >= 4 is 5.78 Å². The first-order valence-electron chi connectivity index (χ1n) is 8.78. The largest absolute Gasteiger partial charge is 0.310 e. The highest BCUT2D eigenvalue weighted by molar-refractivity contribution is 5.95. The average molecular weight is 277 g/mol. The predicted octanol–water partition coefficient (Wildman–Crippen LogP) is 4.39. The van der Waals surface area contributed by atoms with Crippen LogP contribution >= 0.6 is 0 Å². The van der Waals surface area contributed by atoms with Crippen LogP contribution < -0.4 is 5.32 Å². The Balaban J connectivity index is 2.07. The van der Waals surface area contributed by atoms with Gasteiger partial charge in [-0.3, -0.25) is 4.79 Å². The van der Waals surface area contributed by atoms with Crippen molar-refractivity contribution in [3.8, 4) is 0 Å². The summed E-state index contributed by atoms with van der Waals surface area (Å²) in [6.07, 6.45) is 15.9. The summed E-state index contributed by atoms with van der Waals surface area (Å²) in [5.74, 6) is 1.11. The monoisotopic (exact) mass is 277 g/mol. The van der Waals surface area contributed by atoms with E-state index in [0.29, 0.717) is 18.2 Å². The molecule has 0 radical (unpaired) electrons. The third-order valence-electron chi connectivity index (χ3n) is 4.97. The molecule has 2 aliphatic rings. The van der Waals surface area contributed by atoms with E-state index in [9.17, 15) is 4.79 Å². The van der Waals surface area contributed by atoms with Crippen LogP contribution in [0.3, 0.4) is 0 Å². The third kappa shape index (κ3) is 4.73. The molecule has 0 amide bonds. The lowest BCUT2D eigenvalue weighted by molar-refractivity contribution is -0.115. The molecule has 0 aromatic carbocycles. The van der Waals surface area contributed by atoms with Gasteiger partial charge < -0.3 is 5.32 Å². The molecule has 1 heterocycles. The van der Waals surface area contributed by atoms with Crippen molar-refractivity contribution in [3.63, 3.8) is 0 Å². The molecule has 0 aromatic heterocycles. The molecular formula is C18H31NO. The molecule has 1 aliphatic carbocycles. The summed E-state index contributed by atoms with van der Waals surface area (Å²) in [5, 5.41) is 3.72. The Kier molecular flexibility index (Phi) is 6.78. The van der Waals surface area contributed by atoms with Gasteiger partial charge in [0.15, 0.2) is 5.78 Å². The molecular weight excluding hydrogens is 246 g/mol. The van der Waals surface area contributed by atoms with E-state index < -0.39 is 0 Å².